The summed E-state index contributed by atoms with van der Waals surface area (Å²) in [4.78, 5) is 41.3. The molecule has 0 radical (unpaired) electrons. The molecule has 1 aromatic heterocycles. The highest BCUT2D eigenvalue weighted by atomic mass is 35.5. The van der Waals surface area contributed by atoms with Gasteiger partial charge in [0, 0.05) is 23.6 Å². The molecule has 1 aliphatic heterocycles. The number of fused-ring (bicyclic) bond motifs is 1. The summed E-state index contributed by atoms with van der Waals surface area (Å²) < 4.78 is 55.6. The Kier molecular flexibility index (Phi) is 7.94. The molecule has 12 heteroatoms. The van der Waals surface area contributed by atoms with Crippen LogP contribution in [0.2, 0.25) is 0 Å². The van der Waals surface area contributed by atoms with E-state index in [2.05, 4.69) is 17.0 Å². The lowest BCUT2D eigenvalue weighted by Crippen LogP contribution is -2.55. The van der Waals surface area contributed by atoms with Crippen molar-refractivity contribution in [2.75, 3.05) is 11.4 Å². The number of hydrogen-bond acceptors (Lipinski definition) is 4. The molecule has 43 heavy (non-hydrogen) atoms. The smallest absolute Gasteiger partial charge is 0.339 e. The minimum Gasteiger partial charge on any atom is -0.339 e. The Balaban J connectivity index is 1.74. The molecule has 220 valence electrons. The first-order valence-electron chi connectivity index (χ1n) is 13.0. The molecular formula is C31H23ClF4N4O3. The molecule has 0 spiro atoms. The first kappa shape index (κ1) is 29.7. The van der Waals surface area contributed by atoms with Crippen molar-refractivity contribution in [3.63, 3.8) is 0 Å². The Labute approximate surface area is 248 Å². The first-order chi connectivity index (χ1) is 20.4. The molecular weight excluding hydrogens is 588 g/mol. The van der Waals surface area contributed by atoms with Crippen molar-refractivity contribution < 1.29 is 31.9 Å². The highest BCUT2D eigenvalue weighted by molar-refractivity contribution is 6.74. The molecule has 2 amide bonds. The number of likely N-dealkylation sites (N-methyl/N-ethyl adjacent to an activating group) is 1. The van der Waals surface area contributed by atoms with Crippen molar-refractivity contribution in [1.29, 1.82) is 0 Å². The second kappa shape index (κ2) is 11.5. The van der Waals surface area contributed by atoms with Crippen molar-refractivity contribution in [1.82, 2.24) is 15.1 Å². The fourth-order valence-electron chi connectivity index (χ4n) is 5.16. The summed E-state index contributed by atoms with van der Waals surface area (Å²) in [5, 5.41) is 6.31. The van der Waals surface area contributed by atoms with Gasteiger partial charge in [-0.3, -0.25) is 19.3 Å². The molecule has 1 aliphatic rings. The van der Waals surface area contributed by atoms with E-state index in [0.29, 0.717) is 22.9 Å². The summed E-state index contributed by atoms with van der Waals surface area (Å²) in [6.07, 6.45) is -4.70. The Bertz CT molecular complexity index is 1740. The van der Waals surface area contributed by atoms with E-state index in [0.717, 1.165) is 12.1 Å². The monoisotopic (exact) mass is 610 g/mol. The Hall–Kier alpha value is -4.77. The highest BCUT2D eigenvalue weighted by Crippen LogP contribution is 2.45. The number of nitrogens with zero attached hydrogens (tertiary/aromatic N) is 3. The lowest BCUT2D eigenvalue weighted by molar-refractivity contribution is -0.137. The van der Waals surface area contributed by atoms with Crippen LogP contribution in [0.4, 0.5) is 23.4 Å². The van der Waals surface area contributed by atoms with E-state index in [4.69, 9.17) is 11.6 Å². The van der Waals surface area contributed by atoms with Crippen molar-refractivity contribution in [3.8, 4) is 5.69 Å². The van der Waals surface area contributed by atoms with E-state index < -0.39 is 46.6 Å². The number of para-hydroxylation sites is 1. The maximum Gasteiger partial charge on any atom is 0.416 e. The second-order valence-electron chi connectivity index (χ2n) is 9.73. The van der Waals surface area contributed by atoms with Crippen LogP contribution in [0.5, 0.6) is 0 Å². The highest BCUT2D eigenvalue weighted by Gasteiger charge is 2.47. The van der Waals surface area contributed by atoms with Gasteiger partial charge < -0.3 is 5.32 Å². The van der Waals surface area contributed by atoms with Gasteiger partial charge in [-0.25, -0.2) is 9.07 Å². The van der Waals surface area contributed by atoms with Gasteiger partial charge in [-0.2, -0.15) is 18.3 Å². The Morgan fingerprint density at radius 1 is 1.02 bits per heavy atom. The third kappa shape index (κ3) is 5.55. The van der Waals surface area contributed by atoms with Gasteiger partial charge in [-0.15, -0.1) is 0 Å². The van der Waals surface area contributed by atoms with Gasteiger partial charge in [0.15, 0.2) is 0 Å². The zero-order valence-corrected chi connectivity index (χ0v) is 23.3. The van der Waals surface area contributed by atoms with Gasteiger partial charge >= 0.3 is 6.18 Å². The number of hydrogen-bond donors (Lipinski definition) is 1. The molecule has 7 nitrogen and oxygen atoms in total. The van der Waals surface area contributed by atoms with E-state index in [9.17, 15) is 31.9 Å². The fourth-order valence-corrected chi connectivity index (χ4v) is 5.24. The fraction of sp³-hybridized carbons (Fsp3) is 0.161. The summed E-state index contributed by atoms with van der Waals surface area (Å²) in [5.74, 6) is -2.91. The molecule has 1 N–H and O–H groups in total. The van der Waals surface area contributed by atoms with Crippen LogP contribution >= 0.6 is 11.6 Å². The van der Waals surface area contributed by atoms with Gasteiger partial charge in [0.25, 0.3) is 17.1 Å². The quantitative estimate of drug-likeness (QED) is 0.156. The summed E-state index contributed by atoms with van der Waals surface area (Å²) >= 11 is 5.85. The minimum atomic E-state index is -4.70. The normalized spacial score (nSPS) is 16.5. The number of anilines is 1. The second-order valence-corrected chi connectivity index (χ2v) is 10.1. The SMILES string of the molecule is C=C(C(=O)Cl)c1nn(-c2ccccc2)c2c1[C@@H](c1ccc(F)cc1)[C@@H](NC(=O)c1cccc(C(F)(F)F)c1)C(=O)N2CC. The average molecular weight is 611 g/mol. The minimum absolute atomic E-state index is 0.0393. The molecule has 0 bridgehead atoms. The van der Waals surface area contributed by atoms with Gasteiger partial charge in [0.05, 0.1) is 16.8 Å². The number of aromatic nitrogens is 2. The van der Waals surface area contributed by atoms with Crippen LogP contribution < -0.4 is 10.2 Å². The van der Waals surface area contributed by atoms with Crippen LogP contribution in [0.15, 0.2) is 85.4 Å². The number of amides is 2. The maximum atomic E-state index is 14.2. The molecule has 0 fully saturated rings. The van der Waals surface area contributed by atoms with E-state index in [1.54, 1.807) is 37.3 Å². The Morgan fingerprint density at radius 2 is 1.70 bits per heavy atom. The third-order valence-electron chi connectivity index (χ3n) is 7.14. The number of carbonyl (C=O) groups is 3. The molecule has 2 heterocycles. The number of rotatable bonds is 7. The van der Waals surface area contributed by atoms with Crippen LogP contribution in [0.3, 0.4) is 0 Å². The number of halogens is 5. The summed E-state index contributed by atoms with van der Waals surface area (Å²) in [6, 6.07) is 16.3. The Morgan fingerprint density at radius 3 is 2.30 bits per heavy atom. The van der Waals surface area contributed by atoms with Gasteiger partial charge in [0.1, 0.15) is 23.4 Å². The maximum absolute atomic E-state index is 14.2. The average Bonchev–Trinajstić information content (AvgIpc) is 3.37. The molecule has 3 aromatic carbocycles. The van der Waals surface area contributed by atoms with E-state index >= 15 is 0 Å². The van der Waals surface area contributed by atoms with Crippen molar-refractivity contribution in [2.24, 2.45) is 0 Å². The zero-order valence-electron chi connectivity index (χ0n) is 22.5. The van der Waals surface area contributed by atoms with Crippen LogP contribution in [-0.2, 0) is 15.8 Å². The van der Waals surface area contributed by atoms with Crippen LogP contribution in [0, 0.1) is 5.82 Å². The molecule has 2 atom stereocenters. The van der Waals surface area contributed by atoms with Gasteiger partial charge in [-0.05, 0) is 66.6 Å². The van der Waals surface area contributed by atoms with Crippen molar-refractivity contribution in [3.05, 3.63) is 119 Å². The van der Waals surface area contributed by atoms with E-state index in [1.807, 2.05) is 0 Å². The van der Waals surface area contributed by atoms with Crippen LogP contribution in [-0.4, -0.2) is 39.4 Å². The first-order valence-corrected chi connectivity index (χ1v) is 13.4. The van der Waals surface area contributed by atoms with Crippen LogP contribution in [0.25, 0.3) is 11.3 Å². The number of benzene rings is 3. The van der Waals surface area contributed by atoms with Gasteiger partial charge in [0.2, 0.25) is 0 Å². The summed E-state index contributed by atoms with van der Waals surface area (Å²) in [7, 11) is 0. The van der Waals surface area contributed by atoms with Crippen LogP contribution in [0.1, 0.15) is 45.6 Å². The van der Waals surface area contributed by atoms with E-state index in [-0.39, 0.29) is 29.2 Å². The summed E-state index contributed by atoms with van der Waals surface area (Å²) in [5.41, 5.74) is -0.308. The molecule has 0 unspecified atom stereocenters. The van der Waals surface area contributed by atoms with Crippen molar-refractivity contribution in [2.45, 2.75) is 25.1 Å². The van der Waals surface area contributed by atoms with Gasteiger partial charge in [-0.1, -0.05) is 43.0 Å². The number of nitrogens with one attached hydrogen (secondary N) is 1. The van der Waals surface area contributed by atoms with Crippen molar-refractivity contribution >= 4 is 40.0 Å². The topological polar surface area (TPSA) is 84.3 Å². The standard InChI is InChI=1S/C31H23ClF4N4O3/c1-3-39-29-24(25(17(2)27(32)41)38-40(29)22-10-5-4-6-11-22)23(18-12-14-21(33)15-13-18)26(30(39)43)37-28(42)19-8-7-9-20(16-19)31(34,35)36/h4-16,23,26H,2-3H2,1H3,(H,37,42)/t23-,26-/m1/s1. The number of allylic oxidation sites excluding steroid dienone is 1. The zero-order chi connectivity index (χ0) is 31.1. The molecule has 5 rings (SSSR count). The lowest BCUT2D eigenvalue weighted by Gasteiger charge is -2.38. The predicted octanol–water partition coefficient (Wildman–Crippen LogP) is 6.11. The molecule has 4 aromatic rings. The summed E-state index contributed by atoms with van der Waals surface area (Å²) in [6.45, 7) is 5.59. The molecule has 0 saturated heterocycles. The largest absolute Gasteiger partial charge is 0.416 e. The molecule has 0 aliphatic carbocycles. The van der Waals surface area contributed by atoms with E-state index in [1.165, 1.54) is 39.9 Å². The number of alkyl halides is 3. The lowest BCUT2D eigenvalue weighted by atomic mass is 9.80. The predicted molar refractivity (Wildman–Crippen MR) is 152 cm³/mol. The number of carbonyl (C=O) groups excluding carboxylic acids is 3. The molecule has 0 saturated carbocycles. The third-order valence-corrected chi connectivity index (χ3v) is 7.36.